The first-order valence-electron chi connectivity index (χ1n) is 22.9. The Bertz CT molecular complexity index is 2770. The molecule has 0 saturated carbocycles. The zero-order valence-electron chi connectivity index (χ0n) is 39.4. The van der Waals surface area contributed by atoms with E-state index in [0.717, 1.165) is 116 Å². The van der Waals surface area contributed by atoms with Crippen molar-refractivity contribution in [1.82, 2.24) is 38.3 Å². The molecule has 63 heavy (non-hydrogen) atoms. The first-order valence-corrected chi connectivity index (χ1v) is 25.1. The molecule has 0 radical (unpaired) electrons. The minimum Gasteiger partial charge on any atom is -0.377 e. The van der Waals surface area contributed by atoms with Crippen LogP contribution in [0, 0.1) is 69.2 Å². The minimum atomic E-state index is 0.0702. The second-order valence-corrected chi connectivity index (χ2v) is 19.7. The van der Waals surface area contributed by atoms with Crippen molar-refractivity contribution >= 4 is 65.2 Å². The molecular formula is C52H64Br2N8O. The largest absolute Gasteiger partial charge is 0.377 e. The fourth-order valence-corrected chi connectivity index (χ4v) is 11.7. The van der Waals surface area contributed by atoms with Gasteiger partial charge in [0.25, 0.3) is 0 Å². The molecule has 0 N–H and O–H groups in total. The van der Waals surface area contributed by atoms with E-state index in [1.807, 2.05) is 0 Å². The molecular weight excluding hydrogens is 912 g/mol. The summed E-state index contributed by atoms with van der Waals surface area (Å²) in [5, 5.41) is 14.6. The minimum absolute atomic E-state index is 0.0702. The van der Waals surface area contributed by atoms with Crippen LogP contribution in [0.5, 0.6) is 0 Å². The van der Waals surface area contributed by atoms with Gasteiger partial charge < -0.3 is 13.9 Å². The van der Waals surface area contributed by atoms with Gasteiger partial charge in [-0.25, -0.2) is 9.97 Å². The Hall–Kier alpha value is -4.32. The lowest BCUT2D eigenvalue weighted by atomic mass is 9.94. The molecule has 6 heterocycles. The number of ether oxygens (including phenoxy) is 1. The van der Waals surface area contributed by atoms with Crippen molar-refractivity contribution in [2.45, 2.75) is 134 Å². The van der Waals surface area contributed by atoms with Gasteiger partial charge in [-0.15, -0.1) is 0 Å². The summed E-state index contributed by atoms with van der Waals surface area (Å²) >= 11 is 7.73. The van der Waals surface area contributed by atoms with Crippen LogP contribution >= 0.6 is 31.9 Å². The normalized spacial score (nSPS) is 13.2. The van der Waals surface area contributed by atoms with Crippen molar-refractivity contribution in [3.8, 4) is 22.3 Å². The van der Waals surface area contributed by atoms with Crippen LogP contribution in [0.25, 0.3) is 55.6 Å². The van der Waals surface area contributed by atoms with Gasteiger partial charge in [0.2, 0.25) is 0 Å². The standard InChI is InChI=1S/C52H64Br2N8O/c1-13-15-39-25-43-35(9)55-49-47(45-31(5)21-29(3)22-32(45)6)37(11)57-61(49)51(43)59(39)41(17-19-53)27-63-28-42(18-20-54)60-40(16-14-2)26-44-36(10)56-50-48(38(12)58-62(50)52(44)60)46-33(7)23-30(4)24-34(46)8/h21-26,41-42H,13-20,27-28H2,1-12H3. The number of alkyl halides is 2. The summed E-state index contributed by atoms with van der Waals surface area (Å²) in [6.07, 6.45) is 5.79. The molecule has 332 valence electrons. The van der Waals surface area contributed by atoms with Crippen LogP contribution in [-0.2, 0) is 17.6 Å². The number of hydrogen-bond donors (Lipinski definition) is 0. The summed E-state index contributed by atoms with van der Waals surface area (Å²) in [5.74, 6) is 0. The van der Waals surface area contributed by atoms with Crippen LogP contribution < -0.4 is 0 Å². The lowest BCUT2D eigenvalue weighted by Gasteiger charge is -2.26. The molecule has 2 atom stereocenters. The van der Waals surface area contributed by atoms with E-state index in [1.165, 1.54) is 55.9 Å². The van der Waals surface area contributed by atoms with E-state index in [9.17, 15) is 0 Å². The molecule has 0 aliphatic carbocycles. The van der Waals surface area contributed by atoms with Gasteiger partial charge in [-0.1, -0.05) is 93.9 Å². The molecule has 0 spiro atoms. The third kappa shape index (κ3) is 7.98. The summed E-state index contributed by atoms with van der Waals surface area (Å²) < 4.78 is 16.4. The second kappa shape index (κ2) is 18.3. The lowest BCUT2D eigenvalue weighted by molar-refractivity contribution is 0.0753. The topological polar surface area (TPSA) is 79.5 Å². The maximum Gasteiger partial charge on any atom is 0.165 e. The molecule has 0 saturated heterocycles. The van der Waals surface area contributed by atoms with Crippen molar-refractivity contribution < 1.29 is 4.74 Å². The highest BCUT2D eigenvalue weighted by molar-refractivity contribution is 9.09. The highest BCUT2D eigenvalue weighted by atomic mass is 79.9. The Balaban J connectivity index is 1.23. The van der Waals surface area contributed by atoms with Gasteiger partial charge in [-0.2, -0.15) is 19.2 Å². The number of fused-ring (bicyclic) bond motifs is 6. The van der Waals surface area contributed by atoms with Crippen LogP contribution in [0.3, 0.4) is 0 Å². The van der Waals surface area contributed by atoms with Crippen molar-refractivity contribution in [2.24, 2.45) is 0 Å². The average Bonchev–Trinajstić information content (AvgIpc) is 3.95. The molecule has 8 aromatic rings. The molecule has 8 rings (SSSR count). The van der Waals surface area contributed by atoms with Gasteiger partial charge in [-0.3, -0.25) is 0 Å². The maximum atomic E-state index is 7.07. The van der Waals surface area contributed by atoms with Crippen LogP contribution in [-0.4, -0.2) is 62.2 Å². The van der Waals surface area contributed by atoms with Gasteiger partial charge in [0.05, 0.1) is 59.2 Å². The molecule has 0 bridgehead atoms. The first-order chi connectivity index (χ1) is 30.2. The number of hydrogen-bond acceptors (Lipinski definition) is 5. The molecule has 6 aromatic heterocycles. The molecule has 0 amide bonds. The maximum absolute atomic E-state index is 7.07. The monoisotopic (exact) mass is 974 g/mol. The lowest BCUT2D eigenvalue weighted by Crippen LogP contribution is -2.24. The number of halogens is 2. The Morgan fingerprint density at radius 2 is 0.873 bits per heavy atom. The fourth-order valence-electron chi connectivity index (χ4n) is 10.7. The highest BCUT2D eigenvalue weighted by Crippen LogP contribution is 2.39. The van der Waals surface area contributed by atoms with Crippen LogP contribution in [0.4, 0.5) is 0 Å². The Morgan fingerprint density at radius 1 is 0.508 bits per heavy atom. The molecule has 0 fully saturated rings. The summed E-state index contributed by atoms with van der Waals surface area (Å²) in [7, 11) is 0. The zero-order valence-corrected chi connectivity index (χ0v) is 42.6. The number of aromatic nitrogens is 8. The molecule has 9 nitrogen and oxygen atoms in total. The Labute approximate surface area is 389 Å². The number of benzene rings is 2. The summed E-state index contributed by atoms with van der Waals surface area (Å²) in [6.45, 7) is 27.4. The van der Waals surface area contributed by atoms with Gasteiger partial charge in [0.15, 0.2) is 11.3 Å². The van der Waals surface area contributed by atoms with Crippen molar-refractivity contribution in [3.63, 3.8) is 0 Å². The second-order valence-electron chi connectivity index (χ2n) is 18.1. The zero-order chi connectivity index (χ0) is 45.0. The van der Waals surface area contributed by atoms with E-state index >= 15 is 0 Å². The highest BCUT2D eigenvalue weighted by Gasteiger charge is 2.28. The van der Waals surface area contributed by atoms with E-state index < -0.39 is 0 Å². The molecule has 2 unspecified atom stereocenters. The third-order valence-electron chi connectivity index (χ3n) is 13.1. The smallest absolute Gasteiger partial charge is 0.165 e. The number of nitrogens with zero attached hydrogens (tertiary/aromatic N) is 8. The van der Waals surface area contributed by atoms with Gasteiger partial charge in [0.1, 0.15) is 11.3 Å². The molecule has 0 aliphatic rings. The van der Waals surface area contributed by atoms with Crippen molar-refractivity contribution in [1.29, 1.82) is 0 Å². The van der Waals surface area contributed by atoms with E-state index in [0.29, 0.717) is 13.2 Å². The SMILES string of the molecule is CCCc1cc2c(C)nc3c(-c4c(C)cc(C)cc4C)c(C)nn3c2n1C(CCBr)COCC(CCBr)n1c(CCC)cc2c(C)nc3c(-c4c(C)cc(C)cc4C)c(C)nn3c21. The quantitative estimate of drug-likeness (QED) is 0.0901. The van der Waals surface area contributed by atoms with Crippen molar-refractivity contribution in [3.05, 3.63) is 104 Å². The summed E-state index contributed by atoms with van der Waals surface area (Å²) in [6, 6.07) is 13.9. The van der Waals surface area contributed by atoms with Crippen molar-refractivity contribution in [2.75, 3.05) is 23.9 Å². The van der Waals surface area contributed by atoms with Crippen LogP contribution in [0.2, 0.25) is 0 Å². The summed E-state index contributed by atoms with van der Waals surface area (Å²) in [4.78, 5) is 10.6. The van der Waals surface area contributed by atoms with Gasteiger partial charge in [-0.05, 0) is 140 Å². The van der Waals surface area contributed by atoms with Gasteiger partial charge >= 0.3 is 0 Å². The summed E-state index contributed by atoms with van der Waals surface area (Å²) in [5.41, 5.74) is 22.9. The molecule has 2 aromatic carbocycles. The number of rotatable bonds is 16. The first kappa shape index (κ1) is 45.3. The van der Waals surface area contributed by atoms with Crippen LogP contribution in [0.1, 0.15) is 119 Å². The van der Waals surface area contributed by atoms with E-state index in [2.05, 4.69) is 170 Å². The van der Waals surface area contributed by atoms with Crippen LogP contribution in [0.15, 0.2) is 36.4 Å². The van der Waals surface area contributed by atoms with E-state index in [-0.39, 0.29) is 12.1 Å². The van der Waals surface area contributed by atoms with E-state index in [1.54, 1.807) is 0 Å². The average molecular weight is 977 g/mol. The molecule has 11 heteroatoms. The Kier molecular flexibility index (Phi) is 13.1. The Morgan fingerprint density at radius 3 is 1.21 bits per heavy atom. The predicted octanol–water partition coefficient (Wildman–Crippen LogP) is 13.4. The fraction of sp³-hybridized carbons (Fsp3) is 0.462. The predicted molar refractivity (Wildman–Crippen MR) is 269 cm³/mol. The molecule has 0 aliphatic heterocycles. The number of aryl methyl sites for hydroxylation is 12. The third-order valence-corrected chi connectivity index (χ3v) is 14.0. The van der Waals surface area contributed by atoms with Gasteiger partial charge in [0, 0.05) is 32.8 Å². The van der Waals surface area contributed by atoms with E-state index in [4.69, 9.17) is 24.9 Å².